The first kappa shape index (κ1) is 25.0. The smallest absolute Gasteiger partial charge is 0.248 e. The van der Waals surface area contributed by atoms with Crippen molar-refractivity contribution in [2.24, 2.45) is 0 Å². The molecule has 2 N–H and O–H groups in total. The fraction of sp³-hybridized carbons (Fsp3) is 0.167. The van der Waals surface area contributed by atoms with Crippen molar-refractivity contribution >= 4 is 22.6 Å². The van der Waals surface area contributed by atoms with E-state index in [0.29, 0.717) is 6.54 Å². The standard InChI is InChI=1S/C30H29N7O/c1-37(2)14-6-10-28(38)36-25-9-5-7-21(15-25)23-16-26-27(19-34-30(26)33-18-23)29-22(17-31-20-35-29)11-12-24-8-3-4-13-32-24/h3-10,13,15-20H,11-12,14H2,1-2H3,(H,33,34)(H,36,38)/b10-6+. The minimum absolute atomic E-state index is 0.160. The van der Waals surface area contributed by atoms with E-state index in [-0.39, 0.29) is 5.91 Å². The molecule has 38 heavy (non-hydrogen) atoms. The largest absolute Gasteiger partial charge is 0.345 e. The van der Waals surface area contributed by atoms with Crippen molar-refractivity contribution in [1.82, 2.24) is 29.8 Å². The number of aryl methyl sites for hydroxylation is 2. The third-order valence-electron chi connectivity index (χ3n) is 6.15. The Labute approximate surface area is 221 Å². The van der Waals surface area contributed by atoms with Crippen molar-refractivity contribution in [3.8, 4) is 22.4 Å². The summed E-state index contributed by atoms with van der Waals surface area (Å²) >= 11 is 0. The average Bonchev–Trinajstić information content (AvgIpc) is 3.36. The van der Waals surface area contributed by atoms with Gasteiger partial charge in [0.2, 0.25) is 5.91 Å². The Morgan fingerprint density at radius 2 is 1.92 bits per heavy atom. The van der Waals surface area contributed by atoms with Gasteiger partial charge in [-0.25, -0.2) is 15.0 Å². The Balaban J connectivity index is 1.41. The molecule has 0 bridgehead atoms. The number of nitrogens with one attached hydrogen (secondary N) is 2. The van der Waals surface area contributed by atoms with E-state index >= 15 is 0 Å². The van der Waals surface area contributed by atoms with Crippen molar-refractivity contribution < 1.29 is 4.79 Å². The number of hydrogen-bond donors (Lipinski definition) is 2. The van der Waals surface area contributed by atoms with Crippen molar-refractivity contribution in [2.75, 3.05) is 26.0 Å². The van der Waals surface area contributed by atoms with E-state index < -0.39 is 0 Å². The van der Waals surface area contributed by atoms with Crippen LogP contribution in [0.15, 0.2) is 91.8 Å². The number of aromatic amines is 1. The summed E-state index contributed by atoms with van der Waals surface area (Å²) < 4.78 is 0. The summed E-state index contributed by atoms with van der Waals surface area (Å²) in [6, 6.07) is 15.8. The molecule has 0 fully saturated rings. The number of carbonyl (C=O) groups excluding carboxylic acids is 1. The number of likely N-dealkylation sites (N-methyl/N-ethyl adjacent to an activating group) is 1. The van der Waals surface area contributed by atoms with Crippen LogP contribution < -0.4 is 5.32 Å². The quantitative estimate of drug-likeness (QED) is 0.277. The predicted molar refractivity (Wildman–Crippen MR) is 151 cm³/mol. The van der Waals surface area contributed by atoms with Gasteiger partial charge in [0, 0.05) is 65.3 Å². The summed E-state index contributed by atoms with van der Waals surface area (Å²) in [6.45, 7) is 0.704. The number of fused-ring (bicyclic) bond motifs is 1. The van der Waals surface area contributed by atoms with Gasteiger partial charge in [-0.1, -0.05) is 24.3 Å². The number of H-pyrrole nitrogens is 1. The Morgan fingerprint density at radius 3 is 2.76 bits per heavy atom. The van der Waals surface area contributed by atoms with Crippen LogP contribution in [0.3, 0.4) is 0 Å². The zero-order chi connectivity index (χ0) is 26.3. The number of carbonyl (C=O) groups is 1. The van der Waals surface area contributed by atoms with E-state index in [1.807, 2.05) is 92.3 Å². The molecule has 8 nitrogen and oxygen atoms in total. The first-order valence-corrected chi connectivity index (χ1v) is 12.5. The maximum atomic E-state index is 12.3. The van der Waals surface area contributed by atoms with Crippen LogP contribution >= 0.6 is 0 Å². The van der Waals surface area contributed by atoms with E-state index in [0.717, 1.165) is 63.2 Å². The molecule has 5 rings (SSSR count). The highest BCUT2D eigenvalue weighted by molar-refractivity contribution is 6.00. The molecule has 0 saturated heterocycles. The topological polar surface area (TPSA) is 99.7 Å². The minimum Gasteiger partial charge on any atom is -0.345 e. The molecule has 4 aromatic heterocycles. The molecule has 1 aromatic carbocycles. The zero-order valence-electron chi connectivity index (χ0n) is 21.4. The fourth-order valence-corrected chi connectivity index (χ4v) is 4.28. The molecular formula is C30H29N7O. The second kappa shape index (κ2) is 11.6. The van der Waals surface area contributed by atoms with Gasteiger partial charge in [-0.2, -0.15) is 0 Å². The molecule has 0 radical (unpaired) electrons. The van der Waals surface area contributed by atoms with Gasteiger partial charge in [0.25, 0.3) is 0 Å². The highest BCUT2D eigenvalue weighted by Crippen LogP contribution is 2.32. The van der Waals surface area contributed by atoms with Crippen molar-refractivity contribution in [3.63, 3.8) is 0 Å². The monoisotopic (exact) mass is 503 g/mol. The highest BCUT2D eigenvalue weighted by atomic mass is 16.1. The number of rotatable bonds is 9. The second-order valence-electron chi connectivity index (χ2n) is 9.27. The SMILES string of the molecule is CN(C)C/C=C/C(=O)Nc1cccc(-c2cnc3[nH]cc(-c4ncncc4CCc4ccccn4)c3c2)c1. The summed E-state index contributed by atoms with van der Waals surface area (Å²) in [5.41, 5.74) is 7.36. The molecule has 5 aromatic rings. The molecular weight excluding hydrogens is 474 g/mol. The molecule has 0 aliphatic carbocycles. The molecule has 4 heterocycles. The molecule has 0 saturated carbocycles. The van der Waals surface area contributed by atoms with Gasteiger partial charge < -0.3 is 15.2 Å². The van der Waals surface area contributed by atoms with E-state index in [1.54, 1.807) is 12.4 Å². The molecule has 0 unspecified atom stereocenters. The van der Waals surface area contributed by atoms with Crippen LogP contribution in [0.1, 0.15) is 11.3 Å². The van der Waals surface area contributed by atoms with Gasteiger partial charge in [0.05, 0.1) is 5.69 Å². The summed E-state index contributed by atoms with van der Waals surface area (Å²) in [4.78, 5) is 35.6. The third kappa shape index (κ3) is 5.99. The first-order valence-electron chi connectivity index (χ1n) is 12.5. The number of benzene rings is 1. The minimum atomic E-state index is -0.160. The Kier molecular flexibility index (Phi) is 7.61. The summed E-state index contributed by atoms with van der Waals surface area (Å²) in [6.07, 6.45) is 14.0. The van der Waals surface area contributed by atoms with Gasteiger partial charge in [-0.3, -0.25) is 9.78 Å². The zero-order valence-corrected chi connectivity index (χ0v) is 21.4. The summed E-state index contributed by atoms with van der Waals surface area (Å²) in [5.74, 6) is -0.160. The first-order chi connectivity index (χ1) is 18.6. The van der Waals surface area contributed by atoms with Crippen LogP contribution in [0.4, 0.5) is 5.69 Å². The lowest BCUT2D eigenvalue weighted by Gasteiger charge is -2.09. The van der Waals surface area contributed by atoms with E-state index in [4.69, 9.17) is 0 Å². The number of anilines is 1. The maximum absolute atomic E-state index is 12.3. The number of pyridine rings is 2. The summed E-state index contributed by atoms with van der Waals surface area (Å²) in [7, 11) is 3.92. The lowest BCUT2D eigenvalue weighted by molar-refractivity contribution is -0.111. The number of nitrogens with zero attached hydrogens (tertiary/aromatic N) is 5. The summed E-state index contributed by atoms with van der Waals surface area (Å²) in [5, 5.41) is 3.91. The number of hydrogen-bond acceptors (Lipinski definition) is 6. The predicted octanol–water partition coefficient (Wildman–Crippen LogP) is 4.92. The van der Waals surface area contributed by atoms with Gasteiger partial charge >= 0.3 is 0 Å². The Hall–Kier alpha value is -4.69. The molecule has 8 heteroatoms. The second-order valence-corrected chi connectivity index (χ2v) is 9.27. The maximum Gasteiger partial charge on any atom is 0.248 e. The van der Waals surface area contributed by atoms with Crippen LogP contribution in [-0.4, -0.2) is 56.4 Å². The normalized spacial score (nSPS) is 11.4. The molecule has 0 spiro atoms. The Morgan fingerprint density at radius 1 is 1.00 bits per heavy atom. The Bertz CT molecular complexity index is 1570. The fourth-order valence-electron chi connectivity index (χ4n) is 4.28. The molecule has 0 aliphatic heterocycles. The van der Waals surface area contributed by atoms with Gasteiger partial charge in [-0.05, 0) is 68.4 Å². The van der Waals surface area contributed by atoms with Crippen molar-refractivity contribution in [1.29, 1.82) is 0 Å². The van der Waals surface area contributed by atoms with E-state index in [1.165, 1.54) is 0 Å². The van der Waals surface area contributed by atoms with Crippen molar-refractivity contribution in [3.05, 3.63) is 103 Å². The van der Waals surface area contributed by atoms with E-state index in [2.05, 4.69) is 36.3 Å². The van der Waals surface area contributed by atoms with Crippen LogP contribution in [0, 0.1) is 0 Å². The molecule has 0 atom stereocenters. The van der Waals surface area contributed by atoms with Crippen LogP contribution in [0.25, 0.3) is 33.4 Å². The molecule has 1 amide bonds. The lowest BCUT2D eigenvalue weighted by Crippen LogP contribution is -2.12. The third-order valence-corrected chi connectivity index (χ3v) is 6.15. The highest BCUT2D eigenvalue weighted by Gasteiger charge is 2.14. The van der Waals surface area contributed by atoms with Crippen LogP contribution in [-0.2, 0) is 17.6 Å². The molecule has 190 valence electrons. The number of aromatic nitrogens is 5. The number of amides is 1. The molecule has 0 aliphatic rings. The van der Waals surface area contributed by atoms with Crippen LogP contribution in [0.5, 0.6) is 0 Å². The van der Waals surface area contributed by atoms with Gasteiger partial charge in [-0.15, -0.1) is 0 Å². The van der Waals surface area contributed by atoms with Gasteiger partial charge in [0.1, 0.15) is 12.0 Å². The van der Waals surface area contributed by atoms with Crippen molar-refractivity contribution in [2.45, 2.75) is 12.8 Å². The lowest BCUT2D eigenvalue weighted by atomic mass is 10.0. The average molecular weight is 504 g/mol. The van der Waals surface area contributed by atoms with E-state index in [9.17, 15) is 4.79 Å². The van der Waals surface area contributed by atoms with Crippen LogP contribution in [0.2, 0.25) is 0 Å². The van der Waals surface area contributed by atoms with Gasteiger partial charge in [0.15, 0.2) is 0 Å².